The molecule has 1 aliphatic heterocycles. The van der Waals surface area contributed by atoms with Crippen LogP contribution in [0.25, 0.3) is 0 Å². The molecular formula is C14H20O2S. The summed E-state index contributed by atoms with van der Waals surface area (Å²) < 4.78 is 5.58. The second kappa shape index (κ2) is 5.78. The Balaban J connectivity index is 1.96. The van der Waals surface area contributed by atoms with Crippen molar-refractivity contribution in [3.05, 3.63) is 21.9 Å². The van der Waals surface area contributed by atoms with Crippen LogP contribution < -0.4 is 0 Å². The molecule has 0 aliphatic carbocycles. The number of ether oxygens (including phenoxy) is 1. The fraction of sp³-hybridized carbons (Fsp3) is 0.643. The van der Waals surface area contributed by atoms with E-state index in [0.717, 1.165) is 25.9 Å². The van der Waals surface area contributed by atoms with E-state index < -0.39 is 0 Å². The Bertz CT molecular complexity index is 383. The Labute approximate surface area is 107 Å². The number of hydrogen-bond acceptors (Lipinski definition) is 3. The summed E-state index contributed by atoms with van der Waals surface area (Å²) in [6, 6.07) is 4.23. The smallest absolute Gasteiger partial charge is 0.143 e. The summed E-state index contributed by atoms with van der Waals surface area (Å²) in [5, 5.41) is 0. The number of aryl methyl sites for hydroxylation is 1. The first kappa shape index (κ1) is 12.8. The molecule has 0 N–H and O–H groups in total. The Morgan fingerprint density at radius 1 is 1.41 bits per heavy atom. The summed E-state index contributed by atoms with van der Waals surface area (Å²) in [6.45, 7) is 4.99. The van der Waals surface area contributed by atoms with E-state index in [0.29, 0.717) is 12.2 Å². The highest BCUT2D eigenvalue weighted by atomic mass is 32.1. The number of rotatable bonds is 5. The lowest BCUT2D eigenvalue weighted by molar-refractivity contribution is -0.123. The molecule has 0 radical (unpaired) electrons. The molecule has 94 valence electrons. The average Bonchev–Trinajstić information content (AvgIpc) is 2.96. The van der Waals surface area contributed by atoms with E-state index in [9.17, 15) is 4.79 Å². The summed E-state index contributed by atoms with van der Waals surface area (Å²) >= 11 is 1.77. The molecule has 2 nitrogen and oxygen atoms in total. The SMILES string of the molecule is CCc1ccc(CC(=O)C2CCOC2CC)s1. The predicted octanol–water partition coefficient (Wildman–Crippen LogP) is 3.24. The zero-order valence-corrected chi connectivity index (χ0v) is 11.4. The summed E-state index contributed by atoms with van der Waals surface area (Å²) in [7, 11) is 0. The normalized spacial score (nSPS) is 24.1. The van der Waals surface area contributed by atoms with Crippen molar-refractivity contribution in [3.8, 4) is 0 Å². The van der Waals surface area contributed by atoms with Crippen LogP contribution in [0, 0.1) is 5.92 Å². The maximum atomic E-state index is 12.2. The van der Waals surface area contributed by atoms with Gasteiger partial charge in [0.15, 0.2) is 0 Å². The monoisotopic (exact) mass is 252 g/mol. The molecule has 1 saturated heterocycles. The van der Waals surface area contributed by atoms with Gasteiger partial charge in [-0.05, 0) is 31.4 Å². The molecule has 0 amide bonds. The summed E-state index contributed by atoms with van der Waals surface area (Å²) in [5.41, 5.74) is 0. The van der Waals surface area contributed by atoms with Crippen LogP contribution in [0.2, 0.25) is 0 Å². The van der Waals surface area contributed by atoms with Gasteiger partial charge in [-0.25, -0.2) is 0 Å². The largest absolute Gasteiger partial charge is 0.377 e. The zero-order chi connectivity index (χ0) is 12.3. The van der Waals surface area contributed by atoms with Gasteiger partial charge in [-0.1, -0.05) is 13.8 Å². The fourth-order valence-electron chi connectivity index (χ4n) is 2.43. The van der Waals surface area contributed by atoms with Crippen LogP contribution in [0.15, 0.2) is 12.1 Å². The van der Waals surface area contributed by atoms with Gasteiger partial charge in [-0.3, -0.25) is 4.79 Å². The molecule has 0 aromatic carbocycles. The van der Waals surface area contributed by atoms with Gasteiger partial charge in [0.1, 0.15) is 5.78 Å². The third-order valence-electron chi connectivity index (χ3n) is 3.44. The van der Waals surface area contributed by atoms with Crippen LogP contribution in [0.5, 0.6) is 0 Å². The molecule has 2 unspecified atom stereocenters. The molecule has 0 spiro atoms. The van der Waals surface area contributed by atoms with Gasteiger partial charge in [0.05, 0.1) is 6.10 Å². The molecular weight excluding hydrogens is 232 g/mol. The van der Waals surface area contributed by atoms with Gasteiger partial charge in [0, 0.05) is 28.7 Å². The Morgan fingerprint density at radius 3 is 2.82 bits per heavy atom. The highest BCUT2D eigenvalue weighted by Gasteiger charge is 2.32. The van der Waals surface area contributed by atoms with Gasteiger partial charge >= 0.3 is 0 Å². The van der Waals surface area contributed by atoms with Crippen molar-refractivity contribution >= 4 is 17.1 Å². The lowest BCUT2D eigenvalue weighted by Crippen LogP contribution is -2.24. The van der Waals surface area contributed by atoms with Gasteiger partial charge in [-0.2, -0.15) is 0 Å². The van der Waals surface area contributed by atoms with E-state index in [4.69, 9.17) is 4.74 Å². The van der Waals surface area contributed by atoms with E-state index in [-0.39, 0.29) is 12.0 Å². The molecule has 1 aromatic rings. The maximum Gasteiger partial charge on any atom is 0.143 e. The van der Waals surface area contributed by atoms with E-state index >= 15 is 0 Å². The van der Waals surface area contributed by atoms with Crippen LogP contribution in [-0.4, -0.2) is 18.5 Å². The van der Waals surface area contributed by atoms with Crippen LogP contribution in [0.4, 0.5) is 0 Å². The topological polar surface area (TPSA) is 26.3 Å². The number of carbonyl (C=O) groups is 1. The molecule has 0 saturated carbocycles. The minimum atomic E-state index is 0.132. The average molecular weight is 252 g/mol. The van der Waals surface area contributed by atoms with Crippen molar-refractivity contribution in [2.45, 2.75) is 45.6 Å². The molecule has 1 aromatic heterocycles. The van der Waals surface area contributed by atoms with Gasteiger partial charge in [0.2, 0.25) is 0 Å². The number of ketones is 1. The quantitative estimate of drug-likeness (QED) is 0.804. The number of carbonyl (C=O) groups excluding carboxylic acids is 1. The third kappa shape index (κ3) is 2.96. The van der Waals surface area contributed by atoms with Gasteiger partial charge < -0.3 is 4.74 Å². The third-order valence-corrected chi connectivity index (χ3v) is 4.67. The van der Waals surface area contributed by atoms with Crippen LogP contribution in [-0.2, 0) is 22.4 Å². The Hall–Kier alpha value is -0.670. The maximum absolute atomic E-state index is 12.2. The van der Waals surface area contributed by atoms with Crippen molar-refractivity contribution in [1.82, 2.24) is 0 Å². The van der Waals surface area contributed by atoms with Crippen LogP contribution >= 0.6 is 11.3 Å². The molecule has 2 heterocycles. The molecule has 1 fully saturated rings. The number of hydrogen-bond donors (Lipinski definition) is 0. The van der Waals surface area contributed by atoms with E-state index in [1.165, 1.54) is 9.75 Å². The van der Waals surface area contributed by atoms with Crippen molar-refractivity contribution in [1.29, 1.82) is 0 Å². The Kier molecular flexibility index (Phi) is 4.35. The number of thiophene rings is 1. The lowest BCUT2D eigenvalue weighted by Gasteiger charge is -2.14. The Morgan fingerprint density at radius 2 is 2.18 bits per heavy atom. The standard InChI is InChI=1S/C14H20O2S/c1-3-10-5-6-11(17-10)9-13(15)12-7-8-16-14(12)4-2/h5-6,12,14H,3-4,7-9H2,1-2H3. The second-order valence-corrected chi connectivity index (χ2v) is 5.83. The predicted molar refractivity (Wildman–Crippen MR) is 70.5 cm³/mol. The van der Waals surface area contributed by atoms with Crippen molar-refractivity contribution in [3.63, 3.8) is 0 Å². The lowest BCUT2D eigenvalue weighted by atomic mass is 9.93. The summed E-state index contributed by atoms with van der Waals surface area (Å²) in [5.74, 6) is 0.492. The highest BCUT2D eigenvalue weighted by molar-refractivity contribution is 7.12. The first-order valence-electron chi connectivity index (χ1n) is 6.46. The van der Waals surface area contributed by atoms with Gasteiger partial charge in [-0.15, -0.1) is 11.3 Å². The van der Waals surface area contributed by atoms with E-state index in [1.807, 2.05) is 0 Å². The van der Waals surface area contributed by atoms with E-state index in [2.05, 4.69) is 26.0 Å². The second-order valence-electron chi connectivity index (χ2n) is 4.58. The molecule has 0 bridgehead atoms. The van der Waals surface area contributed by atoms with Gasteiger partial charge in [0.25, 0.3) is 0 Å². The minimum Gasteiger partial charge on any atom is -0.377 e. The fourth-order valence-corrected chi connectivity index (χ4v) is 3.40. The van der Waals surface area contributed by atoms with Crippen molar-refractivity contribution < 1.29 is 9.53 Å². The molecule has 17 heavy (non-hydrogen) atoms. The van der Waals surface area contributed by atoms with E-state index in [1.54, 1.807) is 11.3 Å². The summed E-state index contributed by atoms with van der Waals surface area (Å²) in [6.07, 6.45) is 3.66. The molecule has 2 atom stereocenters. The summed E-state index contributed by atoms with van der Waals surface area (Å²) in [4.78, 5) is 14.8. The highest BCUT2D eigenvalue weighted by Crippen LogP contribution is 2.27. The number of Topliss-reactive ketones (excluding diaryl/α,β-unsaturated/α-hetero) is 1. The first-order valence-corrected chi connectivity index (χ1v) is 7.28. The first-order chi connectivity index (χ1) is 8.24. The molecule has 1 aliphatic rings. The minimum absolute atomic E-state index is 0.132. The van der Waals surface area contributed by atoms with Crippen LogP contribution in [0.1, 0.15) is 36.4 Å². The van der Waals surface area contributed by atoms with Crippen molar-refractivity contribution in [2.75, 3.05) is 6.61 Å². The molecule has 2 rings (SSSR count). The van der Waals surface area contributed by atoms with Crippen molar-refractivity contribution in [2.24, 2.45) is 5.92 Å². The molecule has 3 heteroatoms. The zero-order valence-electron chi connectivity index (χ0n) is 10.6. The van der Waals surface area contributed by atoms with Crippen LogP contribution in [0.3, 0.4) is 0 Å².